The van der Waals surface area contributed by atoms with E-state index in [0.29, 0.717) is 6.54 Å². The van der Waals surface area contributed by atoms with Crippen LogP contribution in [-0.4, -0.2) is 49.1 Å². The maximum atomic E-state index is 11.4. The minimum atomic E-state index is -3.10. The van der Waals surface area contributed by atoms with Crippen LogP contribution in [0.4, 0.5) is 0 Å². The fourth-order valence-corrected chi connectivity index (χ4v) is 4.04. The summed E-state index contributed by atoms with van der Waals surface area (Å²) in [4.78, 5) is 1.83. The molecular formula is C11H17NO4S. The second kappa shape index (κ2) is 4.44. The lowest BCUT2D eigenvalue weighted by molar-refractivity contribution is 0.0915. The predicted octanol–water partition coefficient (Wildman–Crippen LogP) is 0.178. The van der Waals surface area contributed by atoms with Crippen molar-refractivity contribution in [3.05, 3.63) is 23.7 Å². The van der Waals surface area contributed by atoms with E-state index in [-0.39, 0.29) is 17.5 Å². The van der Waals surface area contributed by atoms with Crippen molar-refractivity contribution >= 4 is 9.84 Å². The third-order valence-corrected chi connectivity index (χ3v) is 4.76. The van der Waals surface area contributed by atoms with Crippen LogP contribution in [0, 0.1) is 6.92 Å². The molecule has 0 aromatic carbocycles. The van der Waals surface area contributed by atoms with Crippen LogP contribution in [0.15, 0.2) is 16.5 Å². The van der Waals surface area contributed by atoms with Crippen molar-refractivity contribution in [3.8, 4) is 0 Å². The first kappa shape index (κ1) is 12.6. The average molecular weight is 259 g/mol. The molecule has 2 unspecified atom stereocenters. The van der Waals surface area contributed by atoms with Gasteiger partial charge in [-0.2, -0.15) is 0 Å². The molecule has 1 saturated heterocycles. The van der Waals surface area contributed by atoms with Gasteiger partial charge in [-0.1, -0.05) is 0 Å². The summed E-state index contributed by atoms with van der Waals surface area (Å²) in [6.45, 7) is 2.36. The first-order chi connectivity index (χ1) is 7.87. The molecule has 17 heavy (non-hydrogen) atoms. The molecule has 0 bridgehead atoms. The molecule has 0 aliphatic carbocycles. The van der Waals surface area contributed by atoms with Crippen molar-refractivity contribution in [2.24, 2.45) is 0 Å². The number of sulfone groups is 1. The monoisotopic (exact) mass is 259 g/mol. The molecule has 6 heteroatoms. The van der Waals surface area contributed by atoms with E-state index in [9.17, 15) is 13.5 Å². The lowest BCUT2D eigenvalue weighted by atomic mass is 10.2. The number of hydrogen-bond donors (Lipinski definition) is 1. The van der Waals surface area contributed by atoms with Gasteiger partial charge in [-0.25, -0.2) is 8.42 Å². The van der Waals surface area contributed by atoms with Gasteiger partial charge < -0.3 is 9.52 Å². The Bertz CT molecular complexity index is 493. The van der Waals surface area contributed by atoms with Crippen LogP contribution >= 0.6 is 0 Å². The fourth-order valence-electron chi connectivity index (χ4n) is 2.16. The van der Waals surface area contributed by atoms with Gasteiger partial charge in [0.1, 0.15) is 11.5 Å². The van der Waals surface area contributed by atoms with Crippen LogP contribution in [0.25, 0.3) is 0 Å². The van der Waals surface area contributed by atoms with E-state index in [1.54, 1.807) is 7.05 Å². The normalized spacial score (nSPS) is 27.8. The van der Waals surface area contributed by atoms with Gasteiger partial charge in [-0.3, -0.25) is 4.90 Å². The highest BCUT2D eigenvalue weighted by Gasteiger charge is 2.38. The van der Waals surface area contributed by atoms with Gasteiger partial charge in [0.05, 0.1) is 30.2 Å². The molecule has 2 rings (SSSR count). The van der Waals surface area contributed by atoms with E-state index < -0.39 is 15.9 Å². The number of likely N-dealkylation sites (N-methyl/N-ethyl adjacent to an activating group) is 1. The summed E-state index contributed by atoms with van der Waals surface area (Å²) in [6, 6.07) is 3.39. The summed E-state index contributed by atoms with van der Waals surface area (Å²) in [5.41, 5.74) is 0. The van der Waals surface area contributed by atoms with Crippen LogP contribution in [0.5, 0.6) is 0 Å². The van der Waals surface area contributed by atoms with Crippen molar-refractivity contribution in [2.45, 2.75) is 25.6 Å². The highest BCUT2D eigenvalue weighted by molar-refractivity contribution is 7.91. The first-order valence-electron chi connectivity index (χ1n) is 5.51. The zero-order chi connectivity index (χ0) is 12.6. The Balaban J connectivity index is 2.03. The smallest absolute Gasteiger partial charge is 0.154 e. The largest absolute Gasteiger partial charge is 0.465 e. The van der Waals surface area contributed by atoms with E-state index >= 15 is 0 Å². The summed E-state index contributed by atoms with van der Waals surface area (Å²) in [6.07, 6.45) is -0.805. The van der Waals surface area contributed by atoms with E-state index in [0.717, 1.165) is 11.5 Å². The number of aliphatic hydroxyl groups is 1. The van der Waals surface area contributed by atoms with Gasteiger partial charge in [0.15, 0.2) is 9.84 Å². The van der Waals surface area contributed by atoms with Crippen LogP contribution in [0.2, 0.25) is 0 Å². The maximum absolute atomic E-state index is 11.4. The molecule has 0 amide bonds. The maximum Gasteiger partial charge on any atom is 0.154 e. The molecule has 0 saturated carbocycles. The molecule has 0 radical (unpaired) electrons. The standard InChI is InChI=1S/C11H17NO4S/c1-8-3-4-9(16-8)5-12(2)10-6-17(14,15)7-11(10)13/h3-4,10-11,13H,5-7H2,1-2H3. The third kappa shape index (κ3) is 2.88. The molecule has 1 fully saturated rings. The second-order valence-corrected chi connectivity index (χ2v) is 6.79. The topological polar surface area (TPSA) is 70.8 Å². The van der Waals surface area contributed by atoms with Crippen molar-refractivity contribution in [1.82, 2.24) is 4.90 Å². The van der Waals surface area contributed by atoms with Crippen molar-refractivity contribution in [2.75, 3.05) is 18.6 Å². The van der Waals surface area contributed by atoms with Gasteiger partial charge in [0.25, 0.3) is 0 Å². The molecule has 2 heterocycles. The third-order valence-electron chi connectivity index (χ3n) is 3.06. The molecule has 1 N–H and O–H groups in total. The van der Waals surface area contributed by atoms with Crippen LogP contribution in [0.1, 0.15) is 11.5 Å². The molecule has 1 aliphatic rings. The molecule has 5 nitrogen and oxygen atoms in total. The van der Waals surface area contributed by atoms with Gasteiger partial charge >= 0.3 is 0 Å². The Labute approximate surface area is 101 Å². The first-order valence-corrected chi connectivity index (χ1v) is 7.33. The van der Waals surface area contributed by atoms with E-state index in [4.69, 9.17) is 4.42 Å². The van der Waals surface area contributed by atoms with Crippen molar-refractivity contribution < 1.29 is 17.9 Å². The van der Waals surface area contributed by atoms with Crippen molar-refractivity contribution in [1.29, 1.82) is 0 Å². The van der Waals surface area contributed by atoms with Gasteiger partial charge in [-0.15, -0.1) is 0 Å². The number of furan rings is 1. The quantitative estimate of drug-likeness (QED) is 0.838. The molecule has 1 aliphatic heterocycles. The van der Waals surface area contributed by atoms with E-state index in [2.05, 4.69) is 0 Å². The molecule has 1 aromatic rings. The Morgan fingerprint density at radius 3 is 2.65 bits per heavy atom. The Morgan fingerprint density at radius 1 is 1.47 bits per heavy atom. The number of aliphatic hydroxyl groups excluding tert-OH is 1. The van der Waals surface area contributed by atoms with Gasteiger partial charge in [-0.05, 0) is 26.1 Å². The van der Waals surface area contributed by atoms with E-state index in [1.165, 1.54) is 0 Å². The number of hydrogen-bond acceptors (Lipinski definition) is 5. The fraction of sp³-hybridized carbons (Fsp3) is 0.636. The Hall–Kier alpha value is -0.850. The highest BCUT2D eigenvalue weighted by Crippen LogP contribution is 2.19. The van der Waals surface area contributed by atoms with Crippen LogP contribution < -0.4 is 0 Å². The number of rotatable bonds is 3. The van der Waals surface area contributed by atoms with Gasteiger partial charge in [0.2, 0.25) is 0 Å². The highest BCUT2D eigenvalue weighted by atomic mass is 32.2. The lowest BCUT2D eigenvalue weighted by Gasteiger charge is -2.24. The lowest BCUT2D eigenvalue weighted by Crippen LogP contribution is -2.39. The average Bonchev–Trinajstić information content (AvgIpc) is 2.70. The number of aryl methyl sites for hydroxylation is 1. The van der Waals surface area contributed by atoms with Crippen LogP contribution in [0.3, 0.4) is 0 Å². The summed E-state index contributed by atoms with van der Waals surface area (Å²) < 4.78 is 28.2. The Morgan fingerprint density at radius 2 is 2.18 bits per heavy atom. The predicted molar refractivity (Wildman–Crippen MR) is 63.4 cm³/mol. The minimum absolute atomic E-state index is 0.0182. The summed E-state index contributed by atoms with van der Waals surface area (Å²) in [5.74, 6) is 1.48. The zero-order valence-corrected chi connectivity index (χ0v) is 10.8. The SMILES string of the molecule is Cc1ccc(CN(C)C2CS(=O)(=O)CC2O)o1. The van der Waals surface area contributed by atoms with E-state index in [1.807, 2.05) is 24.0 Å². The minimum Gasteiger partial charge on any atom is -0.465 e. The summed E-state index contributed by atoms with van der Waals surface area (Å²) >= 11 is 0. The molecule has 0 spiro atoms. The second-order valence-electron chi connectivity index (χ2n) is 4.64. The van der Waals surface area contributed by atoms with Gasteiger partial charge in [0, 0.05) is 0 Å². The molecule has 2 atom stereocenters. The molecular weight excluding hydrogens is 242 g/mol. The Kier molecular flexibility index (Phi) is 3.29. The zero-order valence-electron chi connectivity index (χ0n) is 9.96. The molecule has 96 valence electrons. The van der Waals surface area contributed by atoms with Crippen LogP contribution in [-0.2, 0) is 16.4 Å². The summed E-state index contributed by atoms with van der Waals surface area (Å²) in [5, 5.41) is 9.73. The number of nitrogens with zero attached hydrogens (tertiary/aromatic N) is 1. The van der Waals surface area contributed by atoms with Crippen molar-refractivity contribution in [3.63, 3.8) is 0 Å². The molecule has 1 aromatic heterocycles. The summed E-state index contributed by atoms with van der Waals surface area (Å²) in [7, 11) is -1.30.